The number of carbonyl (C=O) groups is 1. The first-order chi connectivity index (χ1) is 10.0. The summed E-state index contributed by atoms with van der Waals surface area (Å²) in [6, 6.07) is 7.96. The Morgan fingerprint density at radius 2 is 2.19 bits per heavy atom. The average molecular weight is 289 g/mol. The number of carbonyl (C=O) groups excluding carboxylic acids is 1. The molecule has 1 aromatic carbocycles. The molecule has 5 heteroatoms. The minimum absolute atomic E-state index is 0.105. The Kier molecular flexibility index (Phi) is 3.87. The van der Waals surface area contributed by atoms with E-state index in [0.717, 1.165) is 18.7 Å². The number of para-hydroxylation sites is 1. The second kappa shape index (κ2) is 5.66. The Labute approximate surface area is 125 Å². The molecule has 0 aromatic heterocycles. The molecule has 0 aliphatic carbocycles. The van der Waals surface area contributed by atoms with Crippen molar-refractivity contribution in [2.75, 3.05) is 32.5 Å². The molecule has 3 atom stereocenters. The van der Waals surface area contributed by atoms with Gasteiger partial charge in [-0.25, -0.2) is 0 Å². The molecule has 1 aromatic rings. The van der Waals surface area contributed by atoms with Crippen molar-refractivity contribution in [3.05, 3.63) is 29.8 Å². The molecule has 2 unspecified atom stereocenters. The van der Waals surface area contributed by atoms with E-state index in [4.69, 9.17) is 0 Å². The Bertz CT molecular complexity index is 507. The van der Waals surface area contributed by atoms with Gasteiger partial charge in [-0.2, -0.15) is 0 Å². The Morgan fingerprint density at radius 1 is 1.43 bits per heavy atom. The number of β-amino-alcohol motifs (C(OH)–C–C–N with tert-alkyl or cyclic N) is 1. The summed E-state index contributed by atoms with van der Waals surface area (Å²) >= 11 is 0. The van der Waals surface area contributed by atoms with E-state index in [1.165, 1.54) is 5.56 Å². The lowest BCUT2D eigenvalue weighted by Crippen LogP contribution is -2.47. The number of nitrogens with zero attached hydrogens (tertiary/aromatic N) is 2. The summed E-state index contributed by atoms with van der Waals surface area (Å²) in [6.07, 6.45) is 1.00. The van der Waals surface area contributed by atoms with Gasteiger partial charge in [0.25, 0.3) is 0 Å². The second-order valence-electron chi connectivity index (χ2n) is 6.35. The summed E-state index contributed by atoms with van der Waals surface area (Å²) in [7, 11) is 3.99. The van der Waals surface area contributed by atoms with Crippen molar-refractivity contribution in [2.45, 2.75) is 31.0 Å². The fourth-order valence-corrected chi connectivity index (χ4v) is 3.40. The average Bonchev–Trinajstić information content (AvgIpc) is 3.00. The summed E-state index contributed by atoms with van der Waals surface area (Å²) in [5, 5.41) is 13.2. The molecule has 114 valence electrons. The molecule has 2 aliphatic rings. The van der Waals surface area contributed by atoms with Crippen LogP contribution in [-0.4, -0.2) is 66.2 Å². The third kappa shape index (κ3) is 2.89. The van der Waals surface area contributed by atoms with Gasteiger partial charge in [-0.15, -0.1) is 0 Å². The number of hydrogen-bond donors (Lipinski definition) is 2. The van der Waals surface area contributed by atoms with Crippen LogP contribution in [0.1, 0.15) is 12.0 Å². The molecule has 0 bridgehead atoms. The van der Waals surface area contributed by atoms with E-state index in [2.05, 4.69) is 16.3 Å². The van der Waals surface area contributed by atoms with Crippen LogP contribution in [0.15, 0.2) is 24.3 Å². The Balaban J connectivity index is 1.70. The van der Waals surface area contributed by atoms with Crippen LogP contribution in [0.4, 0.5) is 5.69 Å². The quantitative estimate of drug-likeness (QED) is 0.853. The fraction of sp³-hybridized carbons (Fsp3) is 0.562. The maximum Gasteiger partial charge on any atom is 0.245 e. The number of aliphatic hydroxyl groups is 1. The topological polar surface area (TPSA) is 55.8 Å². The monoisotopic (exact) mass is 289 g/mol. The number of likely N-dealkylation sites (N-methyl/N-ethyl adjacent to an activating group) is 1. The van der Waals surface area contributed by atoms with Crippen LogP contribution < -0.4 is 5.32 Å². The van der Waals surface area contributed by atoms with Gasteiger partial charge < -0.3 is 20.2 Å². The SMILES string of the molecule is CN(C)CC1CC(O)CN1C(=O)[C@@H]1Cc2ccccc2N1. The zero-order valence-corrected chi connectivity index (χ0v) is 12.6. The highest BCUT2D eigenvalue weighted by molar-refractivity contribution is 5.88. The van der Waals surface area contributed by atoms with Crippen LogP contribution in [0.25, 0.3) is 0 Å². The third-order valence-electron chi connectivity index (χ3n) is 4.32. The lowest BCUT2D eigenvalue weighted by molar-refractivity contribution is -0.133. The van der Waals surface area contributed by atoms with Crippen LogP contribution in [0.5, 0.6) is 0 Å². The van der Waals surface area contributed by atoms with E-state index >= 15 is 0 Å². The number of amides is 1. The maximum atomic E-state index is 12.8. The van der Waals surface area contributed by atoms with Crippen LogP contribution in [-0.2, 0) is 11.2 Å². The minimum atomic E-state index is -0.400. The number of nitrogens with one attached hydrogen (secondary N) is 1. The number of anilines is 1. The van der Waals surface area contributed by atoms with Crippen molar-refractivity contribution in [1.82, 2.24) is 9.80 Å². The summed E-state index contributed by atoms with van der Waals surface area (Å²) in [5.41, 5.74) is 2.25. The van der Waals surface area contributed by atoms with E-state index in [-0.39, 0.29) is 18.0 Å². The molecular formula is C16H23N3O2. The number of fused-ring (bicyclic) bond motifs is 1. The minimum Gasteiger partial charge on any atom is -0.391 e. The van der Waals surface area contributed by atoms with Crippen molar-refractivity contribution >= 4 is 11.6 Å². The Morgan fingerprint density at radius 3 is 2.90 bits per heavy atom. The first kappa shape index (κ1) is 14.4. The molecule has 2 heterocycles. The van der Waals surface area contributed by atoms with Gasteiger partial charge in [0, 0.05) is 31.2 Å². The van der Waals surface area contributed by atoms with Gasteiger partial charge >= 0.3 is 0 Å². The molecule has 21 heavy (non-hydrogen) atoms. The molecule has 3 rings (SSSR count). The van der Waals surface area contributed by atoms with Crippen LogP contribution >= 0.6 is 0 Å². The lowest BCUT2D eigenvalue weighted by atomic mass is 10.1. The van der Waals surface area contributed by atoms with Crippen LogP contribution in [0.3, 0.4) is 0 Å². The van der Waals surface area contributed by atoms with E-state index in [0.29, 0.717) is 13.0 Å². The summed E-state index contributed by atoms with van der Waals surface area (Å²) < 4.78 is 0. The summed E-state index contributed by atoms with van der Waals surface area (Å²) in [4.78, 5) is 16.7. The molecule has 5 nitrogen and oxygen atoms in total. The van der Waals surface area contributed by atoms with Gasteiger partial charge in [0.2, 0.25) is 5.91 Å². The standard InChI is InChI=1S/C16H23N3O2/c1-18(2)9-12-8-13(20)10-19(12)16(21)15-7-11-5-3-4-6-14(11)17-15/h3-6,12-13,15,17,20H,7-10H2,1-2H3/t12?,13?,15-/m0/s1. The zero-order chi connectivity index (χ0) is 15.0. The molecule has 1 saturated heterocycles. The molecule has 2 N–H and O–H groups in total. The van der Waals surface area contributed by atoms with Crippen molar-refractivity contribution in [3.8, 4) is 0 Å². The van der Waals surface area contributed by atoms with Gasteiger partial charge in [-0.1, -0.05) is 18.2 Å². The van der Waals surface area contributed by atoms with Crippen LogP contribution in [0.2, 0.25) is 0 Å². The largest absolute Gasteiger partial charge is 0.391 e. The number of rotatable bonds is 3. The van der Waals surface area contributed by atoms with E-state index < -0.39 is 6.10 Å². The lowest BCUT2D eigenvalue weighted by Gasteiger charge is -2.29. The molecule has 2 aliphatic heterocycles. The molecule has 1 fully saturated rings. The number of hydrogen-bond acceptors (Lipinski definition) is 4. The maximum absolute atomic E-state index is 12.8. The third-order valence-corrected chi connectivity index (χ3v) is 4.32. The van der Waals surface area contributed by atoms with Gasteiger partial charge in [0.1, 0.15) is 6.04 Å². The number of likely N-dealkylation sites (tertiary alicyclic amines) is 1. The fourth-order valence-electron chi connectivity index (χ4n) is 3.40. The van der Waals surface area contributed by atoms with Crippen molar-refractivity contribution in [1.29, 1.82) is 0 Å². The van der Waals surface area contributed by atoms with E-state index in [1.807, 2.05) is 37.2 Å². The van der Waals surface area contributed by atoms with Crippen molar-refractivity contribution in [2.24, 2.45) is 0 Å². The normalized spacial score (nSPS) is 27.8. The highest BCUT2D eigenvalue weighted by Gasteiger charge is 2.39. The number of benzene rings is 1. The van der Waals surface area contributed by atoms with Gasteiger partial charge in [-0.05, 0) is 32.1 Å². The van der Waals surface area contributed by atoms with E-state index in [1.54, 1.807) is 0 Å². The van der Waals surface area contributed by atoms with E-state index in [9.17, 15) is 9.90 Å². The van der Waals surface area contributed by atoms with Crippen LogP contribution in [0, 0.1) is 0 Å². The zero-order valence-electron chi connectivity index (χ0n) is 12.6. The summed E-state index contributed by atoms with van der Waals surface area (Å²) in [6.45, 7) is 1.24. The molecule has 0 saturated carbocycles. The molecule has 1 amide bonds. The predicted octanol–water partition coefficient (Wildman–Crippen LogP) is 0.547. The first-order valence-corrected chi connectivity index (χ1v) is 7.52. The Hall–Kier alpha value is -1.59. The van der Waals surface area contributed by atoms with Gasteiger partial charge in [0.15, 0.2) is 0 Å². The highest BCUT2D eigenvalue weighted by Crippen LogP contribution is 2.28. The number of aliphatic hydroxyl groups excluding tert-OH is 1. The van der Waals surface area contributed by atoms with Gasteiger partial charge in [0.05, 0.1) is 6.10 Å². The van der Waals surface area contributed by atoms with Gasteiger partial charge in [-0.3, -0.25) is 4.79 Å². The predicted molar refractivity (Wildman–Crippen MR) is 82.2 cm³/mol. The highest BCUT2D eigenvalue weighted by atomic mass is 16.3. The molecule has 0 spiro atoms. The van der Waals surface area contributed by atoms with Crippen molar-refractivity contribution < 1.29 is 9.90 Å². The smallest absolute Gasteiger partial charge is 0.245 e. The first-order valence-electron chi connectivity index (χ1n) is 7.52. The second-order valence-corrected chi connectivity index (χ2v) is 6.35. The molecule has 0 radical (unpaired) electrons. The van der Waals surface area contributed by atoms with Crippen molar-refractivity contribution in [3.63, 3.8) is 0 Å². The summed E-state index contributed by atoms with van der Waals surface area (Å²) in [5.74, 6) is 0.106. The molecular weight excluding hydrogens is 266 g/mol.